The molecule has 26 heavy (non-hydrogen) atoms. The molecule has 0 saturated carbocycles. The number of carbonyl (C=O) groups is 1. The molecule has 0 radical (unpaired) electrons. The number of aryl methyl sites for hydroxylation is 3. The molecule has 2 rings (SSSR count). The monoisotopic (exact) mass is 357 g/mol. The number of hydrogen-bond acceptors (Lipinski definition) is 3. The van der Waals surface area contributed by atoms with Crippen LogP contribution >= 0.6 is 0 Å². The quantitative estimate of drug-likeness (QED) is 0.822. The van der Waals surface area contributed by atoms with E-state index in [1.165, 1.54) is 30.4 Å². The summed E-state index contributed by atoms with van der Waals surface area (Å²) in [5.74, 6) is -0.101. The third kappa shape index (κ3) is 4.12. The summed E-state index contributed by atoms with van der Waals surface area (Å²) in [5.41, 5.74) is 2.33. The lowest BCUT2D eigenvalue weighted by Crippen LogP contribution is -2.43. The molecule has 0 fully saturated rings. The van der Waals surface area contributed by atoms with Gasteiger partial charge in [0.25, 0.3) is 11.5 Å². The molecule has 2 aromatic rings. The first-order valence-electron chi connectivity index (χ1n) is 8.74. The Labute approximate surface area is 153 Å². The van der Waals surface area contributed by atoms with E-state index < -0.39 is 11.2 Å². The smallest absolute Gasteiger partial charge is 0.330 e. The molecule has 1 amide bonds. The van der Waals surface area contributed by atoms with E-state index in [9.17, 15) is 14.4 Å². The maximum Gasteiger partial charge on any atom is 0.330 e. The fourth-order valence-corrected chi connectivity index (χ4v) is 3.01. The molecule has 0 spiro atoms. The summed E-state index contributed by atoms with van der Waals surface area (Å²) in [6.45, 7) is 9.06. The zero-order chi connectivity index (χ0) is 19.6. The van der Waals surface area contributed by atoms with Crippen LogP contribution in [0.4, 0.5) is 0 Å². The van der Waals surface area contributed by atoms with Crippen molar-refractivity contribution in [2.75, 3.05) is 6.54 Å². The van der Waals surface area contributed by atoms with Gasteiger partial charge in [-0.25, -0.2) is 4.79 Å². The molecule has 1 aromatic carbocycles. The highest BCUT2D eigenvalue weighted by Gasteiger charge is 2.22. The Morgan fingerprint density at radius 2 is 1.81 bits per heavy atom. The maximum atomic E-state index is 13.1. The minimum absolute atomic E-state index is 0.0139. The minimum Gasteiger partial charge on any atom is -0.334 e. The Kier molecular flexibility index (Phi) is 5.85. The van der Waals surface area contributed by atoms with Gasteiger partial charge in [-0.3, -0.25) is 14.2 Å². The van der Waals surface area contributed by atoms with Crippen molar-refractivity contribution in [3.05, 3.63) is 67.5 Å². The third-order valence-electron chi connectivity index (χ3n) is 4.41. The van der Waals surface area contributed by atoms with Gasteiger partial charge in [0, 0.05) is 33.4 Å². The second-order valence-electron chi connectivity index (χ2n) is 7.31. The van der Waals surface area contributed by atoms with Gasteiger partial charge in [0.2, 0.25) is 0 Å². The molecule has 0 N–H and O–H groups in total. The van der Waals surface area contributed by atoms with Crippen LogP contribution in [0.1, 0.15) is 40.9 Å². The predicted molar refractivity (Wildman–Crippen MR) is 102 cm³/mol. The maximum absolute atomic E-state index is 13.1. The number of benzene rings is 1. The van der Waals surface area contributed by atoms with Crippen molar-refractivity contribution in [2.24, 2.45) is 20.0 Å². The molecule has 0 aliphatic rings. The first-order chi connectivity index (χ1) is 12.1. The van der Waals surface area contributed by atoms with Crippen LogP contribution in [0.3, 0.4) is 0 Å². The molecular formula is C20H27N3O3. The molecule has 1 heterocycles. The highest BCUT2D eigenvalue weighted by molar-refractivity contribution is 5.93. The first-order valence-corrected chi connectivity index (χ1v) is 8.74. The summed E-state index contributed by atoms with van der Waals surface area (Å²) < 4.78 is 2.23. The second kappa shape index (κ2) is 7.72. The van der Waals surface area contributed by atoms with E-state index in [0.29, 0.717) is 13.1 Å². The van der Waals surface area contributed by atoms with Crippen molar-refractivity contribution < 1.29 is 4.79 Å². The van der Waals surface area contributed by atoms with E-state index in [-0.39, 0.29) is 17.4 Å². The van der Waals surface area contributed by atoms with Gasteiger partial charge < -0.3 is 9.47 Å². The molecule has 0 bridgehead atoms. The molecule has 0 aliphatic heterocycles. The summed E-state index contributed by atoms with van der Waals surface area (Å²) in [7, 11) is 2.92. The summed E-state index contributed by atoms with van der Waals surface area (Å²) in [6.07, 6.45) is 1.34. The Morgan fingerprint density at radius 1 is 1.15 bits per heavy atom. The van der Waals surface area contributed by atoms with Crippen LogP contribution in [0.15, 0.2) is 34.0 Å². The summed E-state index contributed by atoms with van der Waals surface area (Å²) >= 11 is 0. The van der Waals surface area contributed by atoms with Crippen LogP contribution in [0, 0.1) is 19.8 Å². The summed E-state index contributed by atoms with van der Waals surface area (Å²) in [6, 6.07) is 6.12. The van der Waals surface area contributed by atoms with Crippen LogP contribution in [0.2, 0.25) is 0 Å². The van der Waals surface area contributed by atoms with Crippen LogP contribution in [-0.4, -0.2) is 26.5 Å². The SMILES string of the molecule is Cc1ccc(CN(CC(C)C)C(=O)c2cn(C)c(=O)n(C)c2=O)c(C)c1. The second-order valence-corrected chi connectivity index (χ2v) is 7.31. The molecule has 6 nitrogen and oxygen atoms in total. The molecule has 1 aromatic heterocycles. The Balaban J connectivity index is 2.45. The van der Waals surface area contributed by atoms with E-state index in [4.69, 9.17) is 0 Å². The molecule has 0 saturated heterocycles. The Hall–Kier alpha value is -2.63. The molecule has 0 unspecified atom stereocenters. The molecule has 6 heteroatoms. The molecule has 0 aliphatic carbocycles. The van der Waals surface area contributed by atoms with Crippen LogP contribution in [-0.2, 0) is 20.6 Å². The van der Waals surface area contributed by atoms with Gasteiger partial charge in [-0.05, 0) is 30.9 Å². The third-order valence-corrected chi connectivity index (χ3v) is 4.41. The van der Waals surface area contributed by atoms with Crippen LogP contribution in [0.25, 0.3) is 0 Å². The number of hydrogen-bond donors (Lipinski definition) is 0. The van der Waals surface area contributed by atoms with E-state index in [0.717, 1.165) is 15.7 Å². The minimum atomic E-state index is -0.563. The number of amides is 1. The van der Waals surface area contributed by atoms with Crippen LogP contribution in [0.5, 0.6) is 0 Å². The van der Waals surface area contributed by atoms with E-state index in [1.54, 1.807) is 4.90 Å². The van der Waals surface area contributed by atoms with Gasteiger partial charge >= 0.3 is 5.69 Å². The van der Waals surface area contributed by atoms with Crippen molar-refractivity contribution in [1.29, 1.82) is 0 Å². The van der Waals surface area contributed by atoms with Crippen molar-refractivity contribution in [2.45, 2.75) is 34.2 Å². The Bertz CT molecular complexity index is 938. The van der Waals surface area contributed by atoms with E-state index in [2.05, 4.69) is 6.07 Å². The Morgan fingerprint density at radius 3 is 2.38 bits per heavy atom. The lowest BCUT2D eigenvalue weighted by Gasteiger charge is -2.25. The predicted octanol–water partition coefficient (Wildman–Crippen LogP) is 2.00. The van der Waals surface area contributed by atoms with Crippen molar-refractivity contribution in [1.82, 2.24) is 14.0 Å². The number of carbonyl (C=O) groups excluding carboxylic acids is 1. The van der Waals surface area contributed by atoms with Gasteiger partial charge in [-0.2, -0.15) is 0 Å². The highest BCUT2D eigenvalue weighted by Crippen LogP contribution is 2.15. The lowest BCUT2D eigenvalue weighted by molar-refractivity contribution is 0.0718. The van der Waals surface area contributed by atoms with E-state index in [1.807, 2.05) is 39.8 Å². The van der Waals surface area contributed by atoms with Gasteiger partial charge in [-0.15, -0.1) is 0 Å². The normalized spacial score (nSPS) is 11.0. The van der Waals surface area contributed by atoms with Gasteiger partial charge in [0.05, 0.1) is 0 Å². The zero-order valence-electron chi connectivity index (χ0n) is 16.4. The largest absolute Gasteiger partial charge is 0.334 e. The fourth-order valence-electron chi connectivity index (χ4n) is 3.01. The van der Waals surface area contributed by atoms with Crippen molar-refractivity contribution >= 4 is 5.91 Å². The van der Waals surface area contributed by atoms with Crippen LogP contribution < -0.4 is 11.2 Å². The number of rotatable bonds is 5. The first kappa shape index (κ1) is 19.7. The molecular weight excluding hydrogens is 330 g/mol. The van der Waals surface area contributed by atoms with Gasteiger partial charge in [0.1, 0.15) is 5.56 Å². The topological polar surface area (TPSA) is 64.3 Å². The summed E-state index contributed by atoms with van der Waals surface area (Å²) in [4.78, 5) is 39.1. The summed E-state index contributed by atoms with van der Waals surface area (Å²) in [5, 5.41) is 0. The number of aromatic nitrogens is 2. The fraction of sp³-hybridized carbons (Fsp3) is 0.450. The van der Waals surface area contributed by atoms with E-state index >= 15 is 0 Å². The highest BCUT2D eigenvalue weighted by atomic mass is 16.2. The van der Waals surface area contributed by atoms with Crippen molar-refractivity contribution in [3.8, 4) is 0 Å². The lowest BCUT2D eigenvalue weighted by atomic mass is 10.0. The number of nitrogens with zero attached hydrogens (tertiary/aromatic N) is 3. The van der Waals surface area contributed by atoms with Gasteiger partial charge in [-0.1, -0.05) is 37.6 Å². The average molecular weight is 357 g/mol. The molecule has 140 valence electrons. The zero-order valence-corrected chi connectivity index (χ0v) is 16.4. The van der Waals surface area contributed by atoms with Crippen molar-refractivity contribution in [3.63, 3.8) is 0 Å². The van der Waals surface area contributed by atoms with Gasteiger partial charge in [0.15, 0.2) is 0 Å². The standard InChI is InChI=1S/C20H27N3O3/c1-13(2)10-23(11-16-8-7-14(3)9-15(16)4)19(25)17-12-21(5)20(26)22(6)18(17)24/h7-9,12-13H,10-11H2,1-6H3. The average Bonchev–Trinajstić information content (AvgIpc) is 2.57. The molecule has 0 atom stereocenters.